The molecule has 2 heterocycles. The van der Waals surface area contributed by atoms with Gasteiger partial charge in [-0.2, -0.15) is 0 Å². The van der Waals surface area contributed by atoms with E-state index in [0.717, 1.165) is 28.9 Å². The van der Waals surface area contributed by atoms with Crippen LogP contribution in [0.25, 0.3) is 5.57 Å². The van der Waals surface area contributed by atoms with Gasteiger partial charge in [0.15, 0.2) is 0 Å². The number of aliphatic hydroxyl groups is 1. The lowest BCUT2D eigenvalue weighted by Gasteiger charge is -2.14. The van der Waals surface area contributed by atoms with Gasteiger partial charge in [-0.15, -0.1) is 0 Å². The van der Waals surface area contributed by atoms with Gasteiger partial charge in [0.25, 0.3) is 0 Å². The van der Waals surface area contributed by atoms with E-state index in [1.807, 2.05) is 30.5 Å². The van der Waals surface area contributed by atoms with Gasteiger partial charge in [0, 0.05) is 18.3 Å². The van der Waals surface area contributed by atoms with E-state index in [-0.39, 0.29) is 6.61 Å². The molecule has 1 fully saturated rings. The number of nitrogens with zero attached hydrogens (tertiary/aromatic N) is 2. The number of hydrogen-bond acceptors (Lipinski definition) is 3. The predicted octanol–water partition coefficient (Wildman–Crippen LogP) is 3.10. The van der Waals surface area contributed by atoms with E-state index in [1.54, 1.807) is 0 Å². The molecule has 0 unspecified atom stereocenters. The number of benzene rings is 1. The first-order chi connectivity index (χ1) is 10.9. The number of pyridine rings is 1. The van der Waals surface area contributed by atoms with Gasteiger partial charge in [-0.05, 0) is 49.2 Å². The first kappa shape index (κ1) is 14.9. The Bertz CT molecular complexity index is 614. The van der Waals surface area contributed by atoms with Crippen molar-refractivity contribution in [3.8, 4) is 0 Å². The lowest BCUT2D eigenvalue weighted by atomic mass is 10.0. The van der Waals surface area contributed by atoms with Crippen LogP contribution in [0.5, 0.6) is 0 Å². The highest BCUT2D eigenvalue weighted by Gasteiger charge is 2.11. The van der Waals surface area contributed by atoms with Gasteiger partial charge in [-0.25, -0.2) is 0 Å². The Kier molecular flexibility index (Phi) is 4.99. The lowest BCUT2D eigenvalue weighted by molar-refractivity contribution is 0.282. The molecule has 114 valence electrons. The Balaban J connectivity index is 1.89. The number of hydrogen-bond donors (Lipinski definition) is 1. The SMILES string of the molecule is OCc1ccc(C(=CCN2CCCC2)c2ccccn2)cc1. The van der Waals surface area contributed by atoms with Crippen molar-refractivity contribution in [2.45, 2.75) is 19.4 Å². The van der Waals surface area contributed by atoms with Crippen LogP contribution in [0, 0.1) is 0 Å². The molecule has 22 heavy (non-hydrogen) atoms. The Morgan fingerprint density at radius 3 is 2.50 bits per heavy atom. The summed E-state index contributed by atoms with van der Waals surface area (Å²) in [5.41, 5.74) is 4.24. The molecule has 0 spiro atoms. The molecule has 0 saturated carbocycles. The van der Waals surface area contributed by atoms with Crippen molar-refractivity contribution in [1.82, 2.24) is 9.88 Å². The third-order valence-corrected chi connectivity index (χ3v) is 4.14. The number of aromatic nitrogens is 1. The fraction of sp³-hybridized carbons (Fsp3) is 0.316. The molecule has 1 aliphatic heterocycles. The maximum Gasteiger partial charge on any atom is 0.0705 e. The van der Waals surface area contributed by atoms with Crippen LogP contribution in [0.1, 0.15) is 29.7 Å². The topological polar surface area (TPSA) is 36.4 Å². The predicted molar refractivity (Wildman–Crippen MR) is 89.4 cm³/mol. The summed E-state index contributed by atoms with van der Waals surface area (Å²) in [6.07, 6.45) is 6.72. The van der Waals surface area contributed by atoms with Gasteiger partial charge in [0.1, 0.15) is 0 Å². The lowest BCUT2D eigenvalue weighted by Crippen LogP contribution is -2.19. The first-order valence-corrected chi connectivity index (χ1v) is 7.91. The second-order valence-corrected chi connectivity index (χ2v) is 5.70. The van der Waals surface area contributed by atoms with Gasteiger partial charge in [0.2, 0.25) is 0 Å². The Morgan fingerprint density at radius 2 is 1.86 bits per heavy atom. The summed E-state index contributed by atoms with van der Waals surface area (Å²) in [6, 6.07) is 14.1. The number of likely N-dealkylation sites (tertiary alicyclic amines) is 1. The zero-order chi connectivity index (χ0) is 15.2. The minimum atomic E-state index is 0.0801. The van der Waals surface area contributed by atoms with Crippen molar-refractivity contribution >= 4 is 5.57 Å². The highest BCUT2D eigenvalue weighted by Crippen LogP contribution is 2.22. The molecule has 1 saturated heterocycles. The number of aliphatic hydroxyl groups excluding tert-OH is 1. The monoisotopic (exact) mass is 294 g/mol. The van der Waals surface area contributed by atoms with Crippen LogP contribution >= 0.6 is 0 Å². The summed E-state index contributed by atoms with van der Waals surface area (Å²) in [4.78, 5) is 6.98. The molecule has 0 bridgehead atoms. The average Bonchev–Trinajstić information content (AvgIpc) is 3.10. The summed E-state index contributed by atoms with van der Waals surface area (Å²) >= 11 is 0. The van der Waals surface area contributed by atoms with Crippen LogP contribution in [0.4, 0.5) is 0 Å². The maximum absolute atomic E-state index is 9.20. The van der Waals surface area contributed by atoms with Crippen molar-refractivity contribution in [3.05, 3.63) is 71.6 Å². The normalized spacial score (nSPS) is 16.1. The average molecular weight is 294 g/mol. The number of rotatable bonds is 5. The van der Waals surface area contributed by atoms with Crippen molar-refractivity contribution in [2.24, 2.45) is 0 Å². The highest BCUT2D eigenvalue weighted by atomic mass is 16.3. The summed E-state index contributed by atoms with van der Waals surface area (Å²) in [6.45, 7) is 3.43. The fourth-order valence-corrected chi connectivity index (χ4v) is 2.87. The summed E-state index contributed by atoms with van der Waals surface area (Å²) in [5.74, 6) is 0. The van der Waals surface area contributed by atoms with Crippen molar-refractivity contribution in [2.75, 3.05) is 19.6 Å². The van der Waals surface area contributed by atoms with Crippen LogP contribution in [0.15, 0.2) is 54.7 Å². The Labute approximate surface area is 131 Å². The molecule has 1 aliphatic rings. The van der Waals surface area contributed by atoms with Crippen LogP contribution in [-0.4, -0.2) is 34.6 Å². The standard InChI is InChI=1S/C19H22N2O/c22-15-16-6-8-17(9-7-16)18(19-5-1-2-11-20-19)10-14-21-12-3-4-13-21/h1-2,5-11,22H,3-4,12-15H2. The largest absolute Gasteiger partial charge is 0.392 e. The zero-order valence-electron chi connectivity index (χ0n) is 12.8. The zero-order valence-corrected chi connectivity index (χ0v) is 12.8. The van der Waals surface area contributed by atoms with Gasteiger partial charge in [-0.1, -0.05) is 36.4 Å². The summed E-state index contributed by atoms with van der Waals surface area (Å²) in [7, 11) is 0. The molecular formula is C19H22N2O. The molecule has 0 amide bonds. The van der Waals surface area contributed by atoms with Gasteiger partial charge in [-0.3, -0.25) is 9.88 Å². The third-order valence-electron chi connectivity index (χ3n) is 4.14. The smallest absolute Gasteiger partial charge is 0.0705 e. The molecule has 3 rings (SSSR count). The Hall–Kier alpha value is -1.97. The van der Waals surface area contributed by atoms with Gasteiger partial charge in [0.05, 0.1) is 12.3 Å². The molecule has 0 atom stereocenters. The quantitative estimate of drug-likeness (QED) is 0.920. The molecule has 1 N–H and O–H groups in total. The molecule has 3 nitrogen and oxygen atoms in total. The Morgan fingerprint density at radius 1 is 1.09 bits per heavy atom. The van der Waals surface area contributed by atoms with E-state index in [2.05, 4.69) is 34.2 Å². The molecule has 0 aliphatic carbocycles. The van der Waals surface area contributed by atoms with E-state index in [9.17, 15) is 5.11 Å². The van der Waals surface area contributed by atoms with E-state index in [1.165, 1.54) is 25.9 Å². The van der Waals surface area contributed by atoms with Gasteiger partial charge < -0.3 is 5.11 Å². The minimum Gasteiger partial charge on any atom is -0.392 e. The molecule has 0 radical (unpaired) electrons. The molecule has 3 heteroatoms. The minimum absolute atomic E-state index is 0.0801. The van der Waals surface area contributed by atoms with E-state index in [0.29, 0.717) is 0 Å². The fourth-order valence-electron chi connectivity index (χ4n) is 2.87. The summed E-state index contributed by atoms with van der Waals surface area (Å²) < 4.78 is 0. The highest BCUT2D eigenvalue weighted by molar-refractivity contribution is 5.78. The van der Waals surface area contributed by atoms with Crippen molar-refractivity contribution < 1.29 is 5.11 Å². The molecule has 1 aromatic heterocycles. The van der Waals surface area contributed by atoms with Crippen LogP contribution in [-0.2, 0) is 6.61 Å². The van der Waals surface area contributed by atoms with Crippen LogP contribution in [0.2, 0.25) is 0 Å². The van der Waals surface area contributed by atoms with Gasteiger partial charge >= 0.3 is 0 Å². The first-order valence-electron chi connectivity index (χ1n) is 7.91. The maximum atomic E-state index is 9.20. The molecule has 2 aromatic rings. The van der Waals surface area contributed by atoms with Crippen molar-refractivity contribution in [3.63, 3.8) is 0 Å². The van der Waals surface area contributed by atoms with Crippen molar-refractivity contribution in [1.29, 1.82) is 0 Å². The molecule has 1 aromatic carbocycles. The van der Waals surface area contributed by atoms with E-state index < -0.39 is 0 Å². The third kappa shape index (κ3) is 3.62. The summed E-state index contributed by atoms with van der Waals surface area (Å²) in [5, 5.41) is 9.20. The van der Waals surface area contributed by atoms with Crippen LogP contribution in [0.3, 0.4) is 0 Å². The second kappa shape index (κ2) is 7.34. The second-order valence-electron chi connectivity index (χ2n) is 5.70. The molecular weight excluding hydrogens is 272 g/mol. The van der Waals surface area contributed by atoms with Crippen LogP contribution < -0.4 is 0 Å². The van der Waals surface area contributed by atoms with E-state index in [4.69, 9.17) is 0 Å². The van der Waals surface area contributed by atoms with E-state index >= 15 is 0 Å².